The van der Waals surface area contributed by atoms with Crippen molar-refractivity contribution in [1.29, 1.82) is 5.26 Å². The van der Waals surface area contributed by atoms with E-state index in [0.717, 1.165) is 40.1 Å². The van der Waals surface area contributed by atoms with Gasteiger partial charge in [-0.25, -0.2) is 0 Å². The molecule has 1 spiro atoms. The van der Waals surface area contributed by atoms with Gasteiger partial charge in [-0.2, -0.15) is 18.4 Å². The van der Waals surface area contributed by atoms with Crippen molar-refractivity contribution in [2.45, 2.75) is 35.3 Å². The Balaban J connectivity index is 1.54. The molecule has 0 saturated heterocycles. The molecule has 138 valence electrons. The van der Waals surface area contributed by atoms with Crippen molar-refractivity contribution in [3.05, 3.63) is 45.3 Å². The number of fused-ring (bicyclic) bond motifs is 2. The number of halogens is 4. The maximum absolute atomic E-state index is 12.8. The maximum Gasteiger partial charge on any atom is 0.417 e. The summed E-state index contributed by atoms with van der Waals surface area (Å²) in [6, 6.07) is 4.56. The second-order valence-corrected chi connectivity index (χ2v) is 9.03. The predicted octanol–water partition coefficient (Wildman–Crippen LogP) is 4.91. The highest BCUT2D eigenvalue weighted by molar-refractivity contribution is 9.10. The van der Waals surface area contributed by atoms with Gasteiger partial charge >= 0.3 is 6.18 Å². The van der Waals surface area contributed by atoms with Gasteiger partial charge in [-0.15, -0.1) is 10.2 Å². The summed E-state index contributed by atoms with van der Waals surface area (Å²) in [5.74, 6) is 0.252. The first-order chi connectivity index (χ1) is 12.8. The van der Waals surface area contributed by atoms with E-state index in [-0.39, 0.29) is 16.9 Å². The number of pyridine rings is 1. The Kier molecular flexibility index (Phi) is 4.68. The molecule has 0 amide bonds. The van der Waals surface area contributed by atoms with Gasteiger partial charge < -0.3 is 0 Å². The zero-order valence-corrected chi connectivity index (χ0v) is 16.6. The molecule has 3 heterocycles. The fourth-order valence-electron chi connectivity index (χ4n) is 2.66. The molecule has 0 radical (unpaired) electrons. The Morgan fingerprint density at radius 3 is 2.74 bits per heavy atom. The average molecular weight is 472 g/mol. The van der Waals surface area contributed by atoms with Crippen LogP contribution in [0, 0.1) is 11.3 Å². The Morgan fingerprint density at radius 1 is 1.30 bits per heavy atom. The van der Waals surface area contributed by atoms with Gasteiger partial charge in [-0.3, -0.25) is 9.98 Å². The number of hydrogen-bond donors (Lipinski definition) is 0. The van der Waals surface area contributed by atoms with Gasteiger partial charge in [0.25, 0.3) is 0 Å². The van der Waals surface area contributed by atoms with Crippen LogP contribution >= 0.6 is 39.5 Å². The summed E-state index contributed by atoms with van der Waals surface area (Å²) in [6.07, 6.45) is -1.93. The van der Waals surface area contributed by atoms with Crippen LogP contribution in [0.2, 0.25) is 0 Å². The van der Waals surface area contributed by atoms with E-state index in [1.54, 1.807) is 6.07 Å². The summed E-state index contributed by atoms with van der Waals surface area (Å²) >= 11 is 6.04. The van der Waals surface area contributed by atoms with Crippen LogP contribution in [0.15, 0.2) is 33.0 Å². The lowest BCUT2D eigenvalue weighted by Crippen LogP contribution is -2.14. The Bertz CT molecular complexity index is 999. The molecule has 1 aliphatic carbocycles. The van der Waals surface area contributed by atoms with Crippen molar-refractivity contribution in [3.63, 3.8) is 0 Å². The topological polar surface area (TPSA) is 74.8 Å². The van der Waals surface area contributed by atoms with Crippen molar-refractivity contribution < 1.29 is 13.2 Å². The molecule has 27 heavy (non-hydrogen) atoms. The van der Waals surface area contributed by atoms with E-state index in [1.165, 1.54) is 23.5 Å². The fraction of sp³-hybridized carbons (Fsp3) is 0.312. The van der Waals surface area contributed by atoms with Crippen LogP contribution in [0.3, 0.4) is 0 Å². The summed E-state index contributed by atoms with van der Waals surface area (Å²) < 4.78 is 39.8. The number of aromatic nitrogens is 3. The van der Waals surface area contributed by atoms with Gasteiger partial charge in [-0.1, -0.05) is 11.8 Å². The van der Waals surface area contributed by atoms with E-state index in [9.17, 15) is 18.4 Å². The summed E-state index contributed by atoms with van der Waals surface area (Å²) in [6.45, 7) is 0. The minimum absolute atomic E-state index is 0.0796. The van der Waals surface area contributed by atoms with Crippen molar-refractivity contribution in [2.24, 2.45) is 4.99 Å². The number of hydrogen-bond acceptors (Lipinski definition) is 7. The van der Waals surface area contributed by atoms with E-state index < -0.39 is 11.7 Å². The summed E-state index contributed by atoms with van der Waals surface area (Å²) in [5.41, 5.74) is 0.0702. The SMILES string of the molecule is N#Cc1cc(C(F)(F)F)cnc1CSC1=NC2(CC2)c2cc(Br)nnc2S1. The summed E-state index contributed by atoms with van der Waals surface area (Å²) in [4.78, 5) is 8.64. The zero-order valence-electron chi connectivity index (χ0n) is 13.4. The first kappa shape index (κ1) is 18.7. The van der Waals surface area contributed by atoms with E-state index in [2.05, 4.69) is 31.1 Å². The molecule has 1 fully saturated rings. The predicted molar refractivity (Wildman–Crippen MR) is 99.2 cm³/mol. The van der Waals surface area contributed by atoms with Crippen LogP contribution in [-0.4, -0.2) is 19.6 Å². The second kappa shape index (κ2) is 6.76. The Labute approximate surface area is 169 Å². The van der Waals surface area contributed by atoms with Crippen LogP contribution in [0.25, 0.3) is 0 Å². The van der Waals surface area contributed by atoms with Crippen LogP contribution in [0.4, 0.5) is 13.2 Å². The van der Waals surface area contributed by atoms with Crippen molar-refractivity contribution in [2.75, 3.05) is 0 Å². The highest BCUT2D eigenvalue weighted by Gasteiger charge is 2.49. The third-order valence-electron chi connectivity index (χ3n) is 4.19. The molecule has 4 rings (SSSR count). The lowest BCUT2D eigenvalue weighted by molar-refractivity contribution is -0.137. The first-order valence-corrected chi connectivity index (χ1v) is 10.3. The molecule has 0 bridgehead atoms. The van der Waals surface area contributed by atoms with Gasteiger partial charge in [0.05, 0.1) is 22.4 Å². The molecule has 0 unspecified atom stereocenters. The molecule has 5 nitrogen and oxygen atoms in total. The number of nitriles is 1. The van der Waals surface area contributed by atoms with Crippen molar-refractivity contribution >= 4 is 43.8 Å². The van der Waals surface area contributed by atoms with E-state index in [1.807, 2.05) is 6.07 Å². The highest BCUT2D eigenvalue weighted by atomic mass is 79.9. The van der Waals surface area contributed by atoms with E-state index in [0.29, 0.717) is 10.3 Å². The van der Waals surface area contributed by atoms with Crippen LogP contribution < -0.4 is 0 Å². The van der Waals surface area contributed by atoms with E-state index in [4.69, 9.17) is 4.99 Å². The van der Waals surface area contributed by atoms with Gasteiger partial charge in [0.15, 0.2) is 0 Å². The monoisotopic (exact) mass is 471 g/mol. The molecule has 2 aliphatic rings. The van der Waals surface area contributed by atoms with E-state index >= 15 is 0 Å². The molecule has 1 saturated carbocycles. The third-order valence-corrected chi connectivity index (χ3v) is 6.70. The number of rotatable bonds is 2. The normalized spacial score (nSPS) is 17.2. The lowest BCUT2D eigenvalue weighted by Gasteiger charge is -2.21. The molecule has 11 heteroatoms. The van der Waals surface area contributed by atoms with Gasteiger partial charge in [0.2, 0.25) is 0 Å². The number of thioether (sulfide) groups is 2. The van der Waals surface area contributed by atoms with Crippen LogP contribution in [0.5, 0.6) is 0 Å². The summed E-state index contributed by atoms with van der Waals surface area (Å²) in [7, 11) is 0. The highest BCUT2D eigenvalue weighted by Crippen LogP contribution is 2.56. The fourth-order valence-corrected chi connectivity index (χ4v) is 5.17. The summed E-state index contributed by atoms with van der Waals surface area (Å²) in [5, 5.41) is 18.2. The molecule has 0 atom stereocenters. The number of aliphatic imine (C=N–C) groups is 1. The minimum Gasteiger partial charge on any atom is -0.260 e. The largest absolute Gasteiger partial charge is 0.417 e. The second-order valence-electron chi connectivity index (χ2n) is 6.01. The van der Waals surface area contributed by atoms with Crippen LogP contribution in [0.1, 0.15) is 35.2 Å². The smallest absolute Gasteiger partial charge is 0.260 e. The zero-order chi connectivity index (χ0) is 19.2. The molecule has 0 aromatic carbocycles. The van der Waals surface area contributed by atoms with Gasteiger partial charge in [-0.05, 0) is 52.7 Å². The average Bonchev–Trinajstić information content (AvgIpc) is 3.39. The quantitative estimate of drug-likeness (QED) is 0.619. The van der Waals surface area contributed by atoms with Crippen molar-refractivity contribution in [1.82, 2.24) is 15.2 Å². The van der Waals surface area contributed by atoms with Crippen LogP contribution in [-0.2, 0) is 17.5 Å². The molecule has 1 aliphatic heterocycles. The molecule has 0 N–H and O–H groups in total. The molecule has 2 aromatic heterocycles. The Morgan fingerprint density at radius 2 is 2.07 bits per heavy atom. The van der Waals surface area contributed by atoms with Gasteiger partial charge in [0, 0.05) is 17.5 Å². The lowest BCUT2D eigenvalue weighted by atomic mass is 10.1. The first-order valence-electron chi connectivity index (χ1n) is 7.71. The number of nitrogens with zero attached hydrogens (tertiary/aromatic N) is 5. The van der Waals surface area contributed by atoms with Crippen molar-refractivity contribution in [3.8, 4) is 6.07 Å². The minimum atomic E-state index is -4.53. The van der Waals surface area contributed by atoms with Gasteiger partial charge in [0.1, 0.15) is 20.1 Å². The molecule has 2 aromatic rings. The molecular formula is C16H9BrF3N5S2. The standard InChI is InChI=1S/C16H9BrF3N5S2/c17-12-4-10-13(25-24-12)27-14(23-15(10)1-2-15)26-7-11-8(5-21)3-9(6-22-11)16(18,19)20/h3-4,6H,1-2,7H2. The number of alkyl halides is 3. The Hall–Kier alpha value is -1.64. The maximum atomic E-state index is 12.8. The third kappa shape index (κ3) is 3.70. The molecular weight excluding hydrogens is 463 g/mol.